The Kier molecular flexibility index (Phi) is 1.53. The summed E-state index contributed by atoms with van der Waals surface area (Å²) in [6.07, 6.45) is 1.51. The van der Waals surface area contributed by atoms with Crippen LogP contribution in [0.3, 0.4) is 0 Å². The third-order valence-corrected chi connectivity index (χ3v) is 2.50. The quantitative estimate of drug-likeness (QED) is 0.615. The van der Waals surface area contributed by atoms with Gasteiger partial charge in [-0.3, -0.25) is 4.99 Å². The van der Waals surface area contributed by atoms with Gasteiger partial charge >= 0.3 is 0 Å². The van der Waals surface area contributed by atoms with Crippen LogP contribution in [-0.2, 0) is 6.54 Å². The predicted molar refractivity (Wildman–Crippen MR) is 56.8 cm³/mol. The molecular weight excluding hydrogens is 174 g/mol. The lowest BCUT2D eigenvalue weighted by atomic mass is 10.0. The van der Waals surface area contributed by atoms with Crippen molar-refractivity contribution in [2.75, 3.05) is 0 Å². The molecule has 1 heterocycles. The first-order valence-corrected chi connectivity index (χ1v) is 4.61. The molecule has 14 heavy (non-hydrogen) atoms. The molecule has 68 valence electrons. The molecule has 2 aromatic carbocycles. The van der Waals surface area contributed by atoms with Crippen molar-refractivity contribution in [2.24, 2.45) is 4.99 Å². The average molecular weight is 183 g/mol. The minimum absolute atomic E-state index is 0.719. The van der Waals surface area contributed by atoms with Crippen molar-refractivity contribution < 1.29 is 4.74 Å². The zero-order valence-corrected chi connectivity index (χ0v) is 7.60. The van der Waals surface area contributed by atoms with Crippen LogP contribution in [0.1, 0.15) is 5.56 Å². The summed E-state index contributed by atoms with van der Waals surface area (Å²) in [6.45, 7) is 0.719. The highest BCUT2D eigenvalue weighted by Gasteiger charge is 2.09. The number of hydrogen-bond acceptors (Lipinski definition) is 2. The van der Waals surface area contributed by atoms with Crippen LogP contribution in [-0.4, -0.2) is 6.40 Å². The summed E-state index contributed by atoms with van der Waals surface area (Å²) >= 11 is 0. The lowest BCUT2D eigenvalue weighted by molar-refractivity contribution is 0.548. The Morgan fingerprint density at radius 1 is 1.07 bits per heavy atom. The van der Waals surface area contributed by atoms with Crippen molar-refractivity contribution >= 4 is 17.2 Å². The van der Waals surface area contributed by atoms with Crippen LogP contribution < -0.4 is 4.74 Å². The lowest BCUT2D eigenvalue weighted by Crippen LogP contribution is -2.01. The van der Waals surface area contributed by atoms with E-state index in [1.165, 1.54) is 22.7 Å². The number of rotatable bonds is 0. The van der Waals surface area contributed by atoms with Gasteiger partial charge in [0.2, 0.25) is 0 Å². The Morgan fingerprint density at radius 2 is 2.00 bits per heavy atom. The summed E-state index contributed by atoms with van der Waals surface area (Å²) in [5, 5.41) is 2.48. The number of nitrogens with zero attached hydrogens (tertiary/aromatic N) is 1. The van der Waals surface area contributed by atoms with Gasteiger partial charge in [-0.15, -0.1) is 0 Å². The van der Waals surface area contributed by atoms with Gasteiger partial charge in [-0.1, -0.05) is 30.3 Å². The van der Waals surface area contributed by atoms with Crippen LogP contribution in [0.2, 0.25) is 0 Å². The van der Waals surface area contributed by atoms with Gasteiger partial charge in [0.05, 0.1) is 6.54 Å². The summed E-state index contributed by atoms with van der Waals surface area (Å²) in [6, 6.07) is 12.4. The average Bonchev–Trinajstić information content (AvgIpc) is 2.29. The zero-order chi connectivity index (χ0) is 9.38. The first-order valence-electron chi connectivity index (χ1n) is 4.61. The Balaban J connectivity index is 2.37. The smallest absolute Gasteiger partial charge is 0.176 e. The molecule has 0 atom stereocenters. The number of hydrogen-bond donors (Lipinski definition) is 0. The fourth-order valence-corrected chi connectivity index (χ4v) is 1.81. The van der Waals surface area contributed by atoms with Gasteiger partial charge in [0.25, 0.3) is 0 Å². The topological polar surface area (TPSA) is 21.6 Å². The summed E-state index contributed by atoms with van der Waals surface area (Å²) in [7, 11) is 0. The van der Waals surface area contributed by atoms with Crippen LogP contribution >= 0.6 is 0 Å². The molecule has 0 radical (unpaired) electrons. The zero-order valence-electron chi connectivity index (χ0n) is 7.60. The molecule has 0 fully saturated rings. The highest BCUT2D eigenvalue weighted by atomic mass is 16.5. The largest absolute Gasteiger partial charge is 0.446 e. The van der Waals surface area contributed by atoms with Crippen LogP contribution in [0.25, 0.3) is 10.8 Å². The molecule has 0 unspecified atom stereocenters. The van der Waals surface area contributed by atoms with E-state index in [4.69, 9.17) is 4.74 Å². The van der Waals surface area contributed by atoms with Gasteiger partial charge in [-0.2, -0.15) is 0 Å². The second kappa shape index (κ2) is 2.84. The van der Waals surface area contributed by atoms with E-state index >= 15 is 0 Å². The molecule has 0 saturated carbocycles. The van der Waals surface area contributed by atoms with Gasteiger partial charge in [0.1, 0.15) is 5.75 Å². The third kappa shape index (κ3) is 1.01. The van der Waals surface area contributed by atoms with Crippen molar-refractivity contribution in [1.82, 2.24) is 0 Å². The van der Waals surface area contributed by atoms with Crippen molar-refractivity contribution in [3.05, 3.63) is 42.0 Å². The molecular formula is C12H9NO. The van der Waals surface area contributed by atoms with E-state index in [0.29, 0.717) is 0 Å². The van der Waals surface area contributed by atoms with E-state index in [1.807, 2.05) is 18.2 Å². The Labute approximate surface area is 81.8 Å². The lowest BCUT2D eigenvalue weighted by Gasteiger charge is -2.13. The number of aliphatic imine (C=N–C) groups is 1. The number of ether oxygens (including phenoxy) is 1. The fourth-order valence-electron chi connectivity index (χ4n) is 1.81. The van der Waals surface area contributed by atoms with Gasteiger partial charge in [-0.05, 0) is 16.8 Å². The standard InChI is InChI=1S/C12H9NO/c1-2-4-10-9(3-1)5-6-12-11(10)7-13-8-14-12/h1-6,8H,7H2. The van der Waals surface area contributed by atoms with Crippen LogP contribution in [0.5, 0.6) is 5.75 Å². The summed E-state index contributed by atoms with van der Waals surface area (Å²) in [5.74, 6) is 0.929. The first kappa shape index (κ1) is 7.56. The molecule has 2 nitrogen and oxygen atoms in total. The molecule has 0 aromatic heterocycles. The van der Waals surface area contributed by atoms with E-state index in [0.717, 1.165) is 12.3 Å². The Hall–Kier alpha value is -1.83. The third-order valence-electron chi connectivity index (χ3n) is 2.50. The Bertz CT molecular complexity index is 517. The van der Waals surface area contributed by atoms with E-state index in [1.54, 1.807) is 0 Å². The van der Waals surface area contributed by atoms with E-state index < -0.39 is 0 Å². The fraction of sp³-hybridized carbons (Fsp3) is 0.0833. The van der Waals surface area contributed by atoms with Gasteiger partial charge in [0, 0.05) is 5.56 Å². The van der Waals surface area contributed by atoms with Crippen molar-refractivity contribution in [1.29, 1.82) is 0 Å². The minimum atomic E-state index is 0.719. The maximum Gasteiger partial charge on any atom is 0.176 e. The monoisotopic (exact) mass is 183 g/mol. The molecule has 1 aliphatic heterocycles. The van der Waals surface area contributed by atoms with Gasteiger partial charge < -0.3 is 4.74 Å². The molecule has 2 aromatic rings. The molecule has 0 aliphatic carbocycles. The molecule has 3 rings (SSSR count). The number of fused-ring (bicyclic) bond motifs is 3. The van der Waals surface area contributed by atoms with Crippen LogP contribution in [0.15, 0.2) is 41.4 Å². The molecule has 0 amide bonds. The van der Waals surface area contributed by atoms with Crippen molar-refractivity contribution in [3.63, 3.8) is 0 Å². The normalized spacial score (nSPS) is 13.7. The van der Waals surface area contributed by atoms with Gasteiger partial charge in [-0.25, -0.2) is 0 Å². The highest BCUT2D eigenvalue weighted by molar-refractivity contribution is 5.88. The molecule has 0 bridgehead atoms. The summed E-state index contributed by atoms with van der Waals surface area (Å²) < 4.78 is 5.34. The molecule has 1 aliphatic rings. The molecule has 0 spiro atoms. The van der Waals surface area contributed by atoms with Crippen LogP contribution in [0.4, 0.5) is 0 Å². The van der Waals surface area contributed by atoms with E-state index in [-0.39, 0.29) is 0 Å². The summed E-state index contributed by atoms with van der Waals surface area (Å²) in [5.41, 5.74) is 1.19. The molecule has 0 N–H and O–H groups in total. The van der Waals surface area contributed by atoms with Crippen LogP contribution in [0, 0.1) is 0 Å². The number of benzene rings is 2. The second-order valence-corrected chi connectivity index (χ2v) is 3.33. The molecule has 0 saturated heterocycles. The molecule has 2 heteroatoms. The van der Waals surface area contributed by atoms with Gasteiger partial charge in [0.15, 0.2) is 6.40 Å². The first-order chi connectivity index (χ1) is 6.95. The maximum atomic E-state index is 5.34. The SMILES string of the molecule is C1=NCc2c(ccc3ccccc23)O1. The van der Waals surface area contributed by atoms with E-state index in [9.17, 15) is 0 Å². The van der Waals surface area contributed by atoms with Crippen molar-refractivity contribution in [2.45, 2.75) is 6.54 Å². The Morgan fingerprint density at radius 3 is 3.00 bits per heavy atom. The second-order valence-electron chi connectivity index (χ2n) is 3.33. The predicted octanol–water partition coefficient (Wildman–Crippen LogP) is 2.76. The maximum absolute atomic E-state index is 5.34. The minimum Gasteiger partial charge on any atom is -0.446 e. The van der Waals surface area contributed by atoms with E-state index in [2.05, 4.69) is 23.2 Å². The highest BCUT2D eigenvalue weighted by Crippen LogP contribution is 2.29. The van der Waals surface area contributed by atoms with Crippen molar-refractivity contribution in [3.8, 4) is 5.75 Å². The summed E-state index contributed by atoms with van der Waals surface area (Å²) in [4.78, 5) is 4.12.